The van der Waals surface area contributed by atoms with Gasteiger partial charge in [0.2, 0.25) is 0 Å². The van der Waals surface area contributed by atoms with Crippen LogP contribution in [0, 0.1) is 0 Å². The fraction of sp³-hybridized carbons (Fsp3) is 0.211. The molecular weight excluding hydrogens is 438 g/mol. The molecule has 4 nitrogen and oxygen atoms in total. The summed E-state index contributed by atoms with van der Waals surface area (Å²) in [6.07, 6.45) is 0. The van der Waals surface area contributed by atoms with Gasteiger partial charge in [-0.3, -0.25) is 0 Å². The van der Waals surface area contributed by atoms with Crippen molar-refractivity contribution in [3.8, 4) is 5.75 Å². The van der Waals surface area contributed by atoms with E-state index in [1.165, 1.54) is 0 Å². The summed E-state index contributed by atoms with van der Waals surface area (Å²) in [4.78, 5) is 13.7. The zero-order valence-electron chi connectivity index (χ0n) is 14.4. The smallest absolute Gasteiger partial charge is 0.340 e. The van der Waals surface area contributed by atoms with Crippen LogP contribution in [0.4, 0.5) is 0 Å². The number of thioether (sulfide) groups is 1. The molecule has 1 N–H and O–H groups in total. The van der Waals surface area contributed by atoms with Gasteiger partial charge in [0.15, 0.2) is 0 Å². The average molecular weight is 457 g/mol. The van der Waals surface area contributed by atoms with Gasteiger partial charge >= 0.3 is 5.97 Å². The third-order valence-electron chi connectivity index (χ3n) is 3.99. The summed E-state index contributed by atoms with van der Waals surface area (Å²) in [5.41, 5.74) is 2.27. The van der Waals surface area contributed by atoms with Crippen LogP contribution in [0.2, 0.25) is 0 Å². The van der Waals surface area contributed by atoms with E-state index < -0.39 is 0 Å². The van der Waals surface area contributed by atoms with Crippen LogP contribution in [-0.4, -0.2) is 22.2 Å². The minimum Gasteiger partial charge on any atom is -0.507 e. The second-order valence-electron chi connectivity index (χ2n) is 5.52. The maximum Gasteiger partial charge on any atom is 0.340 e. The van der Waals surface area contributed by atoms with Crippen molar-refractivity contribution in [2.75, 3.05) is 6.61 Å². The average Bonchev–Trinajstić information content (AvgIpc) is 2.86. The Morgan fingerprint density at radius 2 is 1.96 bits per heavy atom. The third-order valence-corrected chi connectivity index (χ3v) is 5.65. The predicted octanol–water partition coefficient (Wildman–Crippen LogP) is 5.54. The summed E-state index contributed by atoms with van der Waals surface area (Å²) in [5.74, 6) is 0.367. The first-order valence-corrected chi connectivity index (χ1v) is 9.65. The summed E-state index contributed by atoms with van der Waals surface area (Å²) < 4.78 is 7.84. The summed E-state index contributed by atoms with van der Waals surface area (Å²) in [7, 11) is 1.93. The number of hydrogen-bond acceptors (Lipinski definition) is 4. The van der Waals surface area contributed by atoms with Crippen molar-refractivity contribution in [1.82, 2.24) is 4.57 Å². The highest BCUT2D eigenvalue weighted by atomic mass is 79.9. The molecule has 0 aliphatic carbocycles. The molecule has 0 saturated carbocycles. The van der Waals surface area contributed by atoms with Crippen LogP contribution in [0.3, 0.4) is 0 Å². The molecule has 0 atom stereocenters. The number of hydrogen-bond donors (Lipinski definition) is 1. The second kappa shape index (κ2) is 8.84. The van der Waals surface area contributed by atoms with Crippen LogP contribution in [0.25, 0.3) is 10.9 Å². The number of rotatable bonds is 5. The molecule has 0 amide bonds. The van der Waals surface area contributed by atoms with Gasteiger partial charge in [0.1, 0.15) is 5.75 Å². The molecule has 0 fully saturated rings. The Bertz CT molecular complexity index is 928. The van der Waals surface area contributed by atoms with E-state index >= 15 is 0 Å². The Balaban J connectivity index is 0.00000243. The van der Waals surface area contributed by atoms with Crippen LogP contribution in [0.15, 0.2) is 51.8 Å². The zero-order valence-corrected chi connectivity index (χ0v) is 17.6. The number of halogens is 2. The summed E-state index contributed by atoms with van der Waals surface area (Å²) in [6, 6.07) is 13.5. The Kier molecular flexibility index (Phi) is 7.03. The maximum absolute atomic E-state index is 12.6. The molecule has 1 heterocycles. The predicted molar refractivity (Wildman–Crippen MR) is 111 cm³/mol. The fourth-order valence-corrected chi connectivity index (χ4v) is 4.09. The largest absolute Gasteiger partial charge is 0.507 e. The number of phenolic OH excluding ortho intramolecular Hbond substituents is 1. The molecule has 138 valence electrons. The number of nitrogens with zero attached hydrogens (tertiary/aromatic N) is 1. The number of benzene rings is 2. The van der Waals surface area contributed by atoms with E-state index in [1.54, 1.807) is 24.8 Å². The summed E-state index contributed by atoms with van der Waals surface area (Å²) in [6.45, 7) is 2.10. The highest BCUT2D eigenvalue weighted by molar-refractivity contribution is 9.10. The van der Waals surface area contributed by atoms with Gasteiger partial charge in [-0.15, -0.1) is 24.2 Å². The highest BCUT2D eigenvalue weighted by Gasteiger charge is 2.23. The van der Waals surface area contributed by atoms with Gasteiger partial charge in [0.05, 0.1) is 22.2 Å². The number of carbonyl (C=O) groups excluding carboxylic acids is 1. The van der Waals surface area contributed by atoms with Gasteiger partial charge in [-0.2, -0.15) is 0 Å². The Morgan fingerprint density at radius 1 is 1.27 bits per heavy atom. The highest BCUT2D eigenvalue weighted by Crippen LogP contribution is 2.36. The number of aromatic nitrogens is 1. The van der Waals surface area contributed by atoms with Gasteiger partial charge in [0.25, 0.3) is 0 Å². The molecule has 1 aromatic heterocycles. The molecule has 0 unspecified atom stereocenters. The van der Waals surface area contributed by atoms with E-state index in [9.17, 15) is 9.90 Å². The van der Waals surface area contributed by atoms with Crippen LogP contribution in [-0.2, 0) is 17.5 Å². The molecule has 0 saturated heterocycles. The van der Waals surface area contributed by atoms with Gasteiger partial charge in [-0.1, -0.05) is 18.2 Å². The second-order valence-corrected chi connectivity index (χ2v) is 7.43. The number of phenols is 1. The minimum absolute atomic E-state index is 0. The standard InChI is InChI=1S/C19H18BrNO3S.ClH/c1-3-24-19(23)18-13-9-17(22)14(20)10-15(13)21(2)16(18)11-25-12-7-5-4-6-8-12;/h4-10,22H,3,11H2,1-2H3;1H. The first kappa shape index (κ1) is 20.7. The van der Waals surface area contributed by atoms with E-state index in [0.717, 1.165) is 16.1 Å². The number of ether oxygens (including phenoxy) is 1. The molecular formula is C19H19BrClNO3S. The normalized spacial score (nSPS) is 10.6. The molecule has 26 heavy (non-hydrogen) atoms. The molecule has 3 aromatic rings. The van der Waals surface area contributed by atoms with Gasteiger partial charge in [0, 0.05) is 28.8 Å². The van der Waals surface area contributed by atoms with Crippen molar-refractivity contribution < 1.29 is 14.6 Å². The van der Waals surface area contributed by atoms with Crippen molar-refractivity contribution in [3.05, 3.63) is 58.2 Å². The lowest BCUT2D eigenvalue weighted by Gasteiger charge is -2.08. The number of aryl methyl sites for hydroxylation is 1. The SMILES string of the molecule is CCOC(=O)c1c(CSc2ccccc2)n(C)c2cc(Br)c(O)cc12.Cl. The zero-order chi connectivity index (χ0) is 18.0. The number of aromatic hydroxyl groups is 1. The van der Waals surface area contributed by atoms with Crippen LogP contribution < -0.4 is 0 Å². The lowest BCUT2D eigenvalue weighted by atomic mass is 10.1. The van der Waals surface area contributed by atoms with E-state index in [4.69, 9.17) is 4.74 Å². The first-order chi connectivity index (χ1) is 12.0. The van der Waals surface area contributed by atoms with Crippen molar-refractivity contribution in [3.63, 3.8) is 0 Å². The number of esters is 1. The van der Waals surface area contributed by atoms with Crippen molar-refractivity contribution in [1.29, 1.82) is 0 Å². The molecule has 0 radical (unpaired) electrons. The number of carbonyl (C=O) groups is 1. The molecule has 3 rings (SSSR count). The first-order valence-electron chi connectivity index (χ1n) is 7.87. The Hall–Kier alpha value is -1.63. The van der Waals surface area contributed by atoms with Crippen LogP contribution in [0.5, 0.6) is 5.75 Å². The van der Waals surface area contributed by atoms with E-state index in [2.05, 4.69) is 15.9 Å². The van der Waals surface area contributed by atoms with Crippen molar-refractivity contribution in [2.24, 2.45) is 7.05 Å². The summed E-state index contributed by atoms with van der Waals surface area (Å²) >= 11 is 5.00. The lowest BCUT2D eigenvalue weighted by Crippen LogP contribution is -2.08. The van der Waals surface area contributed by atoms with Crippen LogP contribution in [0.1, 0.15) is 23.0 Å². The van der Waals surface area contributed by atoms with Crippen LogP contribution >= 0.6 is 40.1 Å². The Morgan fingerprint density at radius 3 is 2.62 bits per heavy atom. The van der Waals surface area contributed by atoms with E-state index in [0.29, 0.717) is 27.8 Å². The molecule has 0 spiro atoms. The molecule has 0 aliphatic heterocycles. The maximum atomic E-state index is 12.6. The van der Waals surface area contributed by atoms with Gasteiger partial charge in [-0.25, -0.2) is 4.79 Å². The Labute approximate surface area is 171 Å². The summed E-state index contributed by atoms with van der Waals surface area (Å²) in [5, 5.41) is 10.7. The number of fused-ring (bicyclic) bond motifs is 1. The van der Waals surface area contributed by atoms with Crippen molar-refractivity contribution in [2.45, 2.75) is 17.6 Å². The topological polar surface area (TPSA) is 51.5 Å². The molecule has 2 aromatic carbocycles. The molecule has 0 bridgehead atoms. The quantitative estimate of drug-likeness (QED) is 0.405. The minimum atomic E-state index is -0.363. The van der Waals surface area contributed by atoms with Gasteiger partial charge in [-0.05, 0) is 47.1 Å². The van der Waals surface area contributed by atoms with Crippen molar-refractivity contribution >= 4 is 57.0 Å². The van der Waals surface area contributed by atoms with E-state index in [1.807, 2.05) is 48.0 Å². The molecule has 7 heteroatoms. The van der Waals surface area contributed by atoms with Gasteiger partial charge < -0.3 is 14.4 Å². The lowest BCUT2D eigenvalue weighted by molar-refractivity contribution is 0.0527. The monoisotopic (exact) mass is 455 g/mol. The fourth-order valence-electron chi connectivity index (χ4n) is 2.77. The third kappa shape index (κ3) is 4.03. The molecule has 0 aliphatic rings. The van der Waals surface area contributed by atoms with E-state index in [-0.39, 0.29) is 24.1 Å².